The molecule has 6 heteroatoms. The van der Waals surface area contributed by atoms with Gasteiger partial charge in [-0.15, -0.1) is 0 Å². The van der Waals surface area contributed by atoms with Crippen LogP contribution in [0.1, 0.15) is 34.7 Å². The van der Waals surface area contributed by atoms with Gasteiger partial charge in [-0.1, -0.05) is 35.5 Å². The number of nitrogens with zero attached hydrogens (tertiary/aromatic N) is 3. The number of halogens is 1. The van der Waals surface area contributed by atoms with Crippen LogP contribution in [0, 0.1) is 18.7 Å². The van der Waals surface area contributed by atoms with Crippen LogP contribution in [0.15, 0.2) is 53.1 Å². The maximum atomic E-state index is 13.4. The van der Waals surface area contributed by atoms with Gasteiger partial charge in [0.1, 0.15) is 5.82 Å². The minimum atomic E-state index is -0.394. The topological polar surface area (TPSA) is 59.2 Å². The lowest BCUT2D eigenvalue weighted by atomic mass is 9.94. The molecule has 1 aliphatic heterocycles. The fourth-order valence-electron chi connectivity index (χ4n) is 3.74. The monoisotopic (exact) mass is 379 g/mol. The molecule has 2 heterocycles. The quantitative estimate of drug-likeness (QED) is 0.679. The molecule has 0 saturated carbocycles. The number of hydrogen-bond acceptors (Lipinski definition) is 4. The van der Waals surface area contributed by atoms with Crippen LogP contribution in [-0.2, 0) is 6.42 Å². The average Bonchev–Trinajstić information content (AvgIpc) is 3.16. The predicted molar refractivity (Wildman–Crippen MR) is 103 cm³/mol. The third-order valence-corrected chi connectivity index (χ3v) is 5.20. The van der Waals surface area contributed by atoms with Crippen molar-refractivity contribution in [3.63, 3.8) is 0 Å². The number of benzene rings is 2. The lowest BCUT2D eigenvalue weighted by molar-refractivity contribution is 0.0667. The molecule has 1 saturated heterocycles. The van der Waals surface area contributed by atoms with Gasteiger partial charge in [-0.3, -0.25) is 4.79 Å². The summed E-state index contributed by atoms with van der Waals surface area (Å²) in [5.74, 6) is 0.903. The van der Waals surface area contributed by atoms with Gasteiger partial charge in [0.2, 0.25) is 11.7 Å². The Morgan fingerprint density at radius 2 is 2.11 bits per heavy atom. The van der Waals surface area contributed by atoms with Gasteiger partial charge < -0.3 is 9.42 Å². The van der Waals surface area contributed by atoms with Crippen LogP contribution >= 0.6 is 0 Å². The summed E-state index contributed by atoms with van der Waals surface area (Å²) >= 11 is 0. The van der Waals surface area contributed by atoms with Crippen molar-refractivity contribution in [1.29, 1.82) is 0 Å². The van der Waals surface area contributed by atoms with Gasteiger partial charge in [0, 0.05) is 30.6 Å². The summed E-state index contributed by atoms with van der Waals surface area (Å²) in [6.45, 7) is 3.31. The van der Waals surface area contributed by atoms with E-state index < -0.39 is 5.82 Å². The summed E-state index contributed by atoms with van der Waals surface area (Å²) in [7, 11) is 0. The minimum Gasteiger partial charge on any atom is -0.339 e. The van der Waals surface area contributed by atoms with Crippen molar-refractivity contribution in [2.24, 2.45) is 5.92 Å². The van der Waals surface area contributed by atoms with Crippen LogP contribution in [0.2, 0.25) is 0 Å². The minimum absolute atomic E-state index is 0.129. The summed E-state index contributed by atoms with van der Waals surface area (Å²) in [5.41, 5.74) is 2.45. The number of aromatic nitrogens is 2. The number of piperidine rings is 1. The van der Waals surface area contributed by atoms with E-state index in [1.54, 1.807) is 17.0 Å². The van der Waals surface area contributed by atoms with E-state index in [9.17, 15) is 9.18 Å². The van der Waals surface area contributed by atoms with Crippen molar-refractivity contribution < 1.29 is 13.7 Å². The molecule has 0 radical (unpaired) electrons. The molecule has 144 valence electrons. The molecule has 5 nitrogen and oxygen atoms in total. The number of amides is 1. The Hall–Kier alpha value is -3.02. The molecule has 0 aliphatic carbocycles. The van der Waals surface area contributed by atoms with E-state index in [1.807, 2.05) is 31.2 Å². The van der Waals surface area contributed by atoms with Gasteiger partial charge in [-0.2, -0.15) is 4.98 Å². The smallest absolute Gasteiger partial charge is 0.253 e. The molecule has 0 spiro atoms. The number of likely N-dealkylation sites (tertiary alicyclic amines) is 1. The first-order chi connectivity index (χ1) is 13.6. The summed E-state index contributed by atoms with van der Waals surface area (Å²) in [4.78, 5) is 19.0. The van der Waals surface area contributed by atoms with E-state index in [1.165, 1.54) is 12.1 Å². The van der Waals surface area contributed by atoms with Gasteiger partial charge in [0.25, 0.3) is 5.91 Å². The molecule has 1 aromatic heterocycles. The highest BCUT2D eigenvalue weighted by Crippen LogP contribution is 2.24. The van der Waals surface area contributed by atoms with Gasteiger partial charge in [0.15, 0.2) is 0 Å². The fraction of sp³-hybridized carbons (Fsp3) is 0.318. The van der Waals surface area contributed by atoms with Gasteiger partial charge in [-0.25, -0.2) is 4.39 Å². The van der Waals surface area contributed by atoms with Crippen molar-refractivity contribution in [3.8, 4) is 11.4 Å². The Kier molecular flexibility index (Phi) is 5.19. The first-order valence-electron chi connectivity index (χ1n) is 9.53. The largest absolute Gasteiger partial charge is 0.339 e. The first-order valence-corrected chi connectivity index (χ1v) is 9.53. The zero-order valence-corrected chi connectivity index (χ0v) is 15.8. The third kappa shape index (κ3) is 3.96. The normalized spacial score (nSPS) is 16.9. The average molecular weight is 379 g/mol. The Morgan fingerprint density at radius 1 is 1.25 bits per heavy atom. The Labute approximate surface area is 163 Å². The van der Waals surface area contributed by atoms with Crippen LogP contribution < -0.4 is 0 Å². The lowest BCUT2D eigenvalue weighted by Crippen LogP contribution is -2.40. The molecule has 3 aromatic rings. The second kappa shape index (κ2) is 7.92. The summed E-state index contributed by atoms with van der Waals surface area (Å²) < 4.78 is 18.9. The van der Waals surface area contributed by atoms with Crippen molar-refractivity contribution in [2.75, 3.05) is 13.1 Å². The Morgan fingerprint density at radius 3 is 2.93 bits per heavy atom. The molecule has 0 N–H and O–H groups in total. The van der Waals surface area contributed by atoms with Crippen LogP contribution in [0.4, 0.5) is 4.39 Å². The Bertz CT molecular complexity index is 985. The molecule has 0 bridgehead atoms. The van der Waals surface area contributed by atoms with Crippen molar-refractivity contribution in [2.45, 2.75) is 26.2 Å². The third-order valence-electron chi connectivity index (χ3n) is 5.20. The number of rotatable bonds is 4. The number of hydrogen-bond donors (Lipinski definition) is 0. The van der Waals surface area contributed by atoms with E-state index >= 15 is 0 Å². The van der Waals surface area contributed by atoms with Crippen LogP contribution in [-0.4, -0.2) is 34.0 Å². The molecule has 1 fully saturated rings. The number of carbonyl (C=O) groups is 1. The van der Waals surface area contributed by atoms with E-state index in [2.05, 4.69) is 10.1 Å². The summed E-state index contributed by atoms with van der Waals surface area (Å²) in [6, 6.07) is 13.8. The maximum absolute atomic E-state index is 13.4. The standard InChI is InChI=1S/C22H22FN3O2/c1-15-6-2-3-10-19(15)21-24-20(28-25-21)12-16-7-5-11-26(14-16)22(27)17-8-4-9-18(23)13-17/h2-4,6,8-10,13,16H,5,7,11-12,14H2,1H3. The second-order valence-corrected chi connectivity index (χ2v) is 7.30. The first kappa shape index (κ1) is 18.3. The van der Waals surface area contributed by atoms with Crippen molar-refractivity contribution in [1.82, 2.24) is 15.0 Å². The zero-order valence-electron chi connectivity index (χ0n) is 15.8. The Balaban J connectivity index is 1.43. The SMILES string of the molecule is Cc1ccccc1-c1noc(CC2CCCN(C(=O)c3cccc(F)c3)C2)n1. The molecule has 2 aromatic carbocycles. The molecular weight excluding hydrogens is 357 g/mol. The second-order valence-electron chi connectivity index (χ2n) is 7.30. The highest BCUT2D eigenvalue weighted by Gasteiger charge is 2.26. The fourth-order valence-corrected chi connectivity index (χ4v) is 3.74. The van der Waals surface area contributed by atoms with Gasteiger partial charge in [-0.05, 0) is 49.4 Å². The van der Waals surface area contributed by atoms with E-state index in [4.69, 9.17) is 4.52 Å². The van der Waals surface area contributed by atoms with E-state index in [0.29, 0.717) is 36.8 Å². The lowest BCUT2D eigenvalue weighted by Gasteiger charge is -2.32. The molecule has 1 aliphatic rings. The highest BCUT2D eigenvalue weighted by atomic mass is 19.1. The maximum Gasteiger partial charge on any atom is 0.253 e. The molecule has 4 rings (SSSR count). The summed E-state index contributed by atoms with van der Waals surface area (Å²) in [6.07, 6.45) is 2.53. The zero-order chi connectivity index (χ0) is 19.5. The number of aryl methyl sites for hydroxylation is 1. The predicted octanol–water partition coefficient (Wildman–Crippen LogP) is 4.28. The van der Waals surface area contributed by atoms with Crippen molar-refractivity contribution in [3.05, 3.63) is 71.4 Å². The molecule has 1 amide bonds. The van der Waals surface area contributed by atoms with Gasteiger partial charge >= 0.3 is 0 Å². The van der Waals surface area contributed by atoms with Crippen LogP contribution in [0.3, 0.4) is 0 Å². The van der Waals surface area contributed by atoms with Crippen LogP contribution in [0.5, 0.6) is 0 Å². The van der Waals surface area contributed by atoms with Crippen LogP contribution in [0.25, 0.3) is 11.4 Å². The summed E-state index contributed by atoms with van der Waals surface area (Å²) in [5, 5.41) is 4.12. The molecule has 1 unspecified atom stereocenters. The van der Waals surface area contributed by atoms with E-state index in [0.717, 1.165) is 24.0 Å². The van der Waals surface area contributed by atoms with E-state index in [-0.39, 0.29) is 11.8 Å². The molecule has 28 heavy (non-hydrogen) atoms. The molecule has 1 atom stereocenters. The number of carbonyl (C=O) groups excluding carboxylic acids is 1. The highest BCUT2D eigenvalue weighted by molar-refractivity contribution is 5.94. The molecular formula is C22H22FN3O2. The van der Waals surface area contributed by atoms with Crippen molar-refractivity contribution >= 4 is 5.91 Å². The van der Waals surface area contributed by atoms with Gasteiger partial charge in [0.05, 0.1) is 0 Å².